The Kier molecular flexibility index (Phi) is 4.34. The lowest BCUT2D eigenvalue weighted by Gasteiger charge is -2.31. The van der Waals surface area contributed by atoms with Crippen LogP contribution in [-0.4, -0.2) is 35.5 Å². The maximum absolute atomic E-state index is 12.7. The number of fused-ring (bicyclic) bond motifs is 1. The van der Waals surface area contributed by atoms with Gasteiger partial charge in [0.05, 0.1) is 12.1 Å². The van der Waals surface area contributed by atoms with Gasteiger partial charge in [-0.05, 0) is 30.9 Å². The second-order valence-electron chi connectivity index (χ2n) is 6.06. The van der Waals surface area contributed by atoms with Gasteiger partial charge in [-0.15, -0.1) is 6.58 Å². The Morgan fingerprint density at radius 3 is 2.86 bits per heavy atom. The first-order valence-electron chi connectivity index (χ1n) is 7.79. The molecule has 1 aliphatic heterocycles. The number of carbonyl (C=O) groups is 1. The van der Waals surface area contributed by atoms with E-state index in [4.69, 9.17) is 11.6 Å². The van der Waals surface area contributed by atoms with Gasteiger partial charge in [-0.3, -0.25) is 4.79 Å². The molecule has 1 fully saturated rings. The highest BCUT2D eigenvalue weighted by molar-refractivity contribution is 6.28. The zero-order valence-electron chi connectivity index (χ0n) is 12.8. The Morgan fingerprint density at radius 1 is 1.45 bits per heavy atom. The van der Waals surface area contributed by atoms with E-state index in [1.54, 1.807) is 18.1 Å². The fourth-order valence-electron chi connectivity index (χ4n) is 3.50. The van der Waals surface area contributed by atoms with Gasteiger partial charge >= 0.3 is 0 Å². The van der Waals surface area contributed by atoms with Crippen LogP contribution in [0.4, 0.5) is 11.5 Å². The monoisotopic (exact) mass is 320 g/mol. The van der Waals surface area contributed by atoms with Gasteiger partial charge in [-0.25, -0.2) is 4.98 Å². The predicted octanol–water partition coefficient (Wildman–Crippen LogP) is 3.05. The summed E-state index contributed by atoms with van der Waals surface area (Å²) in [7, 11) is 1.78. The number of anilines is 2. The molecule has 1 amide bonds. The maximum Gasteiger partial charge on any atom is 0.232 e. The summed E-state index contributed by atoms with van der Waals surface area (Å²) >= 11 is 6.02. The first-order valence-corrected chi connectivity index (χ1v) is 8.17. The molecule has 0 saturated heterocycles. The number of amides is 1. The summed E-state index contributed by atoms with van der Waals surface area (Å²) in [6, 6.07) is 0.427. The average Bonchev–Trinajstić information content (AvgIpc) is 3.01. The molecule has 118 valence electrons. The largest absolute Gasteiger partial charge is 0.351 e. The summed E-state index contributed by atoms with van der Waals surface area (Å²) in [6.45, 7) is 4.46. The van der Waals surface area contributed by atoms with Gasteiger partial charge in [-0.1, -0.05) is 18.9 Å². The molecule has 5 nitrogen and oxygen atoms in total. The van der Waals surface area contributed by atoms with Crippen molar-refractivity contribution < 1.29 is 4.79 Å². The minimum absolute atomic E-state index is 0.0903. The van der Waals surface area contributed by atoms with Crippen LogP contribution in [0, 0.1) is 5.92 Å². The van der Waals surface area contributed by atoms with E-state index >= 15 is 0 Å². The van der Waals surface area contributed by atoms with Crippen LogP contribution < -0.4 is 9.80 Å². The third kappa shape index (κ3) is 2.70. The molecule has 2 heterocycles. The third-order valence-electron chi connectivity index (χ3n) is 4.67. The fourth-order valence-corrected chi connectivity index (χ4v) is 3.63. The summed E-state index contributed by atoms with van der Waals surface area (Å²) in [5.74, 6) is 0.776. The van der Waals surface area contributed by atoms with Crippen LogP contribution in [0.25, 0.3) is 0 Å². The molecule has 0 spiro atoms. The number of hydrogen-bond donors (Lipinski definition) is 0. The van der Waals surface area contributed by atoms with Gasteiger partial charge in [0.2, 0.25) is 11.2 Å². The van der Waals surface area contributed by atoms with Crippen LogP contribution >= 0.6 is 11.6 Å². The molecule has 1 atom stereocenters. The maximum atomic E-state index is 12.7. The highest BCUT2D eigenvalue weighted by atomic mass is 35.5. The molecule has 1 aromatic rings. The smallest absolute Gasteiger partial charge is 0.232 e. The van der Waals surface area contributed by atoms with Crippen molar-refractivity contribution in [1.82, 2.24) is 9.97 Å². The molecule has 1 aromatic heterocycles. The number of halogens is 1. The molecule has 3 rings (SSSR count). The molecule has 22 heavy (non-hydrogen) atoms. The number of aromatic nitrogens is 2. The van der Waals surface area contributed by atoms with E-state index in [0.717, 1.165) is 24.3 Å². The quantitative estimate of drug-likeness (QED) is 0.634. The van der Waals surface area contributed by atoms with Crippen LogP contribution in [0.3, 0.4) is 0 Å². The average molecular weight is 321 g/mol. The lowest BCUT2D eigenvalue weighted by atomic mass is 10.0. The topological polar surface area (TPSA) is 49.3 Å². The lowest BCUT2D eigenvalue weighted by Crippen LogP contribution is -2.39. The molecule has 2 aliphatic rings. The van der Waals surface area contributed by atoms with Crippen molar-refractivity contribution in [1.29, 1.82) is 0 Å². The first kappa shape index (κ1) is 15.3. The second-order valence-corrected chi connectivity index (χ2v) is 6.40. The Labute approximate surface area is 136 Å². The van der Waals surface area contributed by atoms with Crippen LogP contribution in [0.5, 0.6) is 0 Å². The van der Waals surface area contributed by atoms with E-state index in [0.29, 0.717) is 19.0 Å². The zero-order valence-corrected chi connectivity index (χ0v) is 13.6. The zero-order chi connectivity index (χ0) is 15.7. The molecule has 0 radical (unpaired) electrons. The number of carbonyl (C=O) groups excluding carboxylic acids is 1. The van der Waals surface area contributed by atoms with E-state index < -0.39 is 0 Å². The Morgan fingerprint density at radius 2 is 2.18 bits per heavy atom. The van der Waals surface area contributed by atoms with Crippen LogP contribution in [0.15, 0.2) is 18.9 Å². The Balaban J connectivity index is 2.05. The van der Waals surface area contributed by atoms with Crippen LogP contribution in [0.2, 0.25) is 5.28 Å². The summed E-state index contributed by atoms with van der Waals surface area (Å²) < 4.78 is 0. The van der Waals surface area contributed by atoms with Crippen molar-refractivity contribution in [2.45, 2.75) is 38.1 Å². The van der Waals surface area contributed by atoms with Crippen molar-refractivity contribution >= 4 is 29.0 Å². The molecule has 0 bridgehead atoms. The minimum Gasteiger partial charge on any atom is -0.351 e. The summed E-state index contributed by atoms with van der Waals surface area (Å²) in [6.07, 6.45) is 8.87. The highest BCUT2D eigenvalue weighted by Gasteiger charge is 2.36. The summed E-state index contributed by atoms with van der Waals surface area (Å²) in [5.41, 5.74) is 0.743. The molecule has 1 aliphatic carbocycles. The highest BCUT2D eigenvalue weighted by Crippen LogP contribution is 2.37. The number of hydrogen-bond acceptors (Lipinski definition) is 4. The molecule has 6 heteroatoms. The van der Waals surface area contributed by atoms with Gasteiger partial charge in [0.25, 0.3) is 0 Å². The van der Waals surface area contributed by atoms with E-state index in [2.05, 4.69) is 21.4 Å². The van der Waals surface area contributed by atoms with E-state index in [-0.39, 0.29) is 17.1 Å². The number of nitrogens with zero attached hydrogens (tertiary/aromatic N) is 4. The Bertz CT molecular complexity index is 586. The van der Waals surface area contributed by atoms with Crippen molar-refractivity contribution in [2.24, 2.45) is 5.92 Å². The first-order chi connectivity index (χ1) is 10.6. The third-order valence-corrected chi connectivity index (χ3v) is 4.85. The van der Waals surface area contributed by atoms with Crippen molar-refractivity contribution in [3.8, 4) is 0 Å². The summed E-state index contributed by atoms with van der Waals surface area (Å²) in [5, 5.41) is 0.227. The van der Waals surface area contributed by atoms with Crippen LogP contribution in [0.1, 0.15) is 32.1 Å². The predicted molar refractivity (Wildman–Crippen MR) is 88.4 cm³/mol. The van der Waals surface area contributed by atoms with Gasteiger partial charge in [0.15, 0.2) is 5.82 Å². The normalized spacial score (nSPS) is 22.6. The van der Waals surface area contributed by atoms with Gasteiger partial charge in [-0.2, -0.15) is 4.98 Å². The van der Waals surface area contributed by atoms with E-state index in [9.17, 15) is 4.79 Å². The molecular weight excluding hydrogens is 300 g/mol. The van der Waals surface area contributed by atoms with E-state index in [1.807, 2.05) is 6.08 Å². The Hall–Kier alpha value is -1.62. The number of allylic oxidation sites excluding steroid dienone is 1. The minimum atomic E-state index is -0.101. The van der Waals surface area contributed by atoms with Crippen molar-refractivity contribution in [3.05, 3.63) is 24.1 Å². The van der Waals surface area contributed by atoms with Gasteiger partial charge < -0.3 is 9.80 Å². The van der Waals surface area contributed by atoms with Crippen molar-refractivity contribution in [3.63, 3.8) is 0 Å². The standard InChI is InChI=1S/C16H21ClN4O/c1-3-6-11-10-21(12-7-4-5-8-12)14-13(20(2)15(11)22)9-18-16(17)19-14/h3,9,11-12H,1,4-8,10H2,2H3/t11-/m1/s1. The summed E-state index contributed by atoms with van der Waals surface area (Å²) in [4.78, 5) is 25.1. The van der Waals surface area contributed by atoms with Crippen molar-refractivity contribution in [2.75, 3.05) is 23.4 Å². The fraction of sp³-hybridized carbons (Fsp3) is 0.562. The molecular formula is C16H21ClN4O. The molecule has 0 unspecified atom stereocenters. The number of rotatable bonds is 3. The lowest BCUT2D eigenvalue weighted by molar-refractivity contribution is -0.121. The van der Waals surface area contributed by atoms with E-state index in [1.165, 1.54) is 12.8 Å². The molecule has 1 saturated carbocycles. The van der Waals surface area contributed by atoms with Gasteiger partial charge in [0.1, 0.15) is 5.69 Å². The molecule has 0 aromatic carbocycles. The second kappa shape index (κ2) is 6.24. The van der Waals surface area contributed by atoms with Crippen LogP contribution in [-0.2, 0) is 4.79 Å². The molecule has 0 N–H and O–H groups in total. The SMILES string of the molecule is C=CC[C@@H]1CN(C2CCCC2)c2nc(Cl)ncc2N(C)C1=O. The van der Waals surface area contributed by atoms with Gasteiger partial charge in [0, 0.05) is 19.6 Å².